The summed E-state index contributed by atoms with van der Waals surface area (Å²) in [5.74, 6) is 0. The third kappa shape index (κ3) is 1.15. The minimum Gasteiger partial charge on any atom is -0.314 e. The Morgan fingerprint density at radius 3 is 3.00 bits per heavy atom. The second kappa shape index (κ2) is 3.03. The molecule has 78 valence electrons. The van der Waals surface area contributed by atoms with E-state index in [0.29, 0.717) is 5.52 Å². The predicted octanol–water partition coefficient (Wildman–Crippen LogP) is 2.40. The van der Waals surface area contributed by atoms with Gasteiger partial charge in [0, 0.05) is 18.3 Å². The van der Waals surface area contributed by atoms with Gasteiger partial charge in [-0.25, -0.2) is 0 Å². The summed E-state index contributed by atoms with van der Waals surface area (Å²) < 4.78 is 1.95. The lowest BCUT2D eigenvalue weighted by Crippen LogP contribution is -1.92. The summed E-state index contributed by atoms with van der Waals surface area (Å²) in [5.41, 5.74) is 2.53. The molecule has 0 fully saturated rings. The van der Waals surface area contributed by atoms with Crippen molar-refractivity contribution in [1.82, 2.24) is 9.38 Å². The minimum absolute atomic E-state index is 0.0616. The van der Waals surface area contributed by atoms with Crippen LogP contribution in [0.1, 0.15) is 0 Å². The summed E-state index contributed by atoms with van der Waals surface area (Å²) in [6.45, 7) is 0. The first-order valence-corrected chi connectivity index (χ1v) is 4.76. The van der Waals surface area contributed by atoms with Crippen LogP contribution < -0.4 is 0 Å². The highest BCUT2D eigenvalue weighted by Crippen LogP contribution is 2.20. The maximum Gasteiger partial charge on any atom is 0.271 e. The molecule has 16 heavy (non-hydrogen) atoms. The van der Waals surface area contributed by atoms with E-state index in [1.165, 1.54) is 12.1 Å². The number of nitrogens with zero attached hydrogens (tertiary/aromatic N) is 3. The van der Waals surface area contributed by atoms with Gasteiger partial charge in [-0.15, -0.1) is 0 Å². The average Bonchev–Trinajstić information content (AvgIpc) is 2.76. The molecule has 0 bridgehead atoms. The number of rotatable bonds is 1. The lowest BCUT2D eigenvalue weighted by Gasteiger charge is -2.01. The molecule has 3 rings (SSSR count). The van der Waals surface area contributed by atoms with E-state index >= 15 is 0 Å². The lowest BCUT2D eigenvalue weighted by molar-refractivity contribution is -0.384. The van der Waals surface area contributed by atoms with Crippen molar-refractivity contribution in [3.63, 3.8) is 0 Å². The van der Waals surface area contributed by atoms with Crippen molar-refractivity contribution in [1.29, 1.82) is 0 Å². The van der Waals surface area contributed by atoms with Gasteiger partial charge in [0.05, 0.1) is 27.7 Å². The molecule has 3 aromatic rings. The molecule has 0 spiro atoms. The maximum absolute atomic E-state index is 10.6. The summed E-state index contributed by atoms with van der Waals surface area (Å²) in [5, 5.41) is 10.6. The number of benzene rings is 1. The van der Waals surface area contributed by atoms with Crippen molar-refractivity contribution in [3.05, 3.63) is 52.8 Å². The van der Waals surface area contributed by atoms with Crippen molar-refractivity contribution in [2.24, 2.45) is 0 Å². The van der Waals surface area contributed by atoms with Crippen LogP contribution in [-0.2, 0) is 0 Å². The normalized spacial score (nSPS) is 11.0. The van der Waals surface area contributed by atoms with Crippen molar-refractivity contribution in [3.8, 4) is 0 Å². The lowest BCUT2D eigenvalue weighted by atomic mass is 10.2. The zero-order valence-electron chi connectivity index (χ0n) is 8.20. The van der Waals surface area contributed by atoms with Crippen LogP contribution in [0.5, 0.6) is 0 Å². The van der Waals surface area contributed by atoms with Crippen LogP contribution in [0.3, 0.4) is 0 Å². The Hall–Kier alpha value is -2.43. The summed E-state index contributed by atoms with van der Waals surface area (Å²) in [7, 11) is 0. The van der Waals surface area contributed by atoms with Gasteiger partial charge in [0.25, 0.3) is 5.69 Å². The van der Waals surface area contributed by atoms with Crippen LogP contribution in [0, 0.1) is 10.1 Å². The molecule has 2 heterocycles. The summed E-state index contributed by atoms with van der Waals surface area (Å²) in [6, 6.07) is 8.54. The molecule has 0 saturated carbocycles. The topological polar surface area (TPSA) is 60.4 Å². The monoisotopic (exact) mass is 213 g/mol. The first kappa shape index (κ1) is 8.84. The molecular weight excluding hydrogens is 206 g/mol. The Bertz CT molecular complexity index is 703. The SMILES string of the molecule is O=[N+]([O-])c1ccc2c(c1)ncc1cccn12. The highest BCUT2D eigenvalue weighted by molar-refractivity contribution is 5.80. The minimum atomic E-state index is -0.416. The second-order valence-electron chi connectivity index (χ2n) is 3.49. The quantitative estimate of drug-likeness (QED) is 0.460. The molecule has 2 aromatic heterocycles. The molecule has 0 saturated heterocycles. The van der Waals surface area contributed by atoms with Gasteiger partial charge in [-0.2, -0.15) is 0 Å². The molecule has 5 nitrogen and oxygen atoms in total. The van der Waals surface area contributed by atoms with Gasteiger partial charge in [0.15, 0.2) is 0 Å². The highest BCUT2D eigenvalue weighted by Gasteiger charge is 2.08. The fraction of sp³-hybridized carbons (Fsp3) is 0. The van der Waals surface area contributed by atoms with E-state index < -0.39 is 4.92 Å². The van der Waals surface area contributed by atoms with Crippen LogP contribution in [0.15, 0.2) is 42.7 Å². The molecule has 0 unspecified atom stereocenters. The van der Waals surface area contributed by atoms with Gasteiger partial charge >= 0.3 is 0 Å². The molecule has 5 heteroatoms. The molecule has 0 amide bonds. The average molecular weight is 213 g/mol. The third-order valence-electron chi connectivity index (χ3n) is 2.55. The zero-order valence-corrected chi connectivity index (χ0v) is 8.20. The zero-order chi connectivity index (χ0) is 11.1. The molecule has 1 aromatic carbocycles. The second-order valence-corrected chi connectivity index (χ2v) is 3.49. The standard InChI is InChI=1S/C11H7N3O2/c15-14(16)8-3-4-11-10(6-8)12-7-9-2-1-5-13(9)11/h1-7H. The Morgan fingerprint density at radius 2 is 2.19 bits per heavy atom. The number of hydrogen-bond acceptors (Lipinski definition) is 3. The molecule has 0 aliphatic rings. The largest absolute Gasteiger partial charge is 0.314 e. The molecule has 0 aliphatic heterocycles. The molecule has 0 aliphatic carbocycles. The smallest absolute Gasteiger partial charge is 0.271 e. The van der Waals surface area contributed by atoms with Crippen molar-refractivity contribution in [2.75, 3.05) is 0 Å². The fourth-order valence-electron chi connectivity index (χ4n) is 1.79. The highest BCUT2D eigenvalue weighted by atomic mass is 16.6. The number of nitro groups is 1. The Labute approximate surface area is 90.1 Å². The van der Waals surface area contributed by atoms with Gasteiger partial charge in [0.1, 0.15) is 0 Å². The fourth-order valence-corrected chi connectivity index (χ4v) is 1.79. The molecule has 0 atom stereocenters. The molecular formula is C11H7N3O2. The van der Waals surface area contributed by atoms with Crippen molar-refractivity contribution in [2.45, 2.75) is 0 Å². The van der Waals surface area contributed by atoms with E-state index in [0.717, 1.165) is 11.0 Å². The number of nitro benzene ring substituents is 1. The summed E-state index contributed by atoms with van der Waals surface area (Å²) in [6.07, 6.45) is 3.61. The first-order chi connectivity index (χ1) is 7.75. The van der Waals surface area contributed by atoms with Gasteiger partial charge in [-0.05, 0) is 18.2 Å². The maximum atomic E-state index is 10.6. The molecule has 0 N–H and O–H groups in total. The van der Waals surface area contributed by atoms with Crippen molar-refractivity contribution < 1.29 is 4.92 Å². The predicted molar refractivity (Wildman–Crippen MR) is 59.4 cm³/mol. The summed E-state index contributed by atoms with van der Waals surface area (Å²) in [4.78, 5) is 14.4. The van der Waals surface area contributed by atoms with Crippen molar-refractivity contribution >= 4 is 22.2 Å². The van der Waals surface area contributed by atoms with E-state index in [2.05, 4.69) is 4.98 Å². The van der Waals surface area contributed by atoms with E-state index in [-0.39, 0.29) is 5.69 Å². The van der Waals surface area contributed by atoms with Crippen LogP contribution >= 0.6 is 0 Å². The molecule has 0 radical (unpaired) electrons. The van der Waals surface area contributed by atoms with E-state index in [4.69, 9.17) is 0 Å². The number of hydrogen-bond donors (Lipinski definition) is 0. The van der Waals surface area contributed by atoms with Crippen LogP contribution in [0.25, 0.3) is 16.6 Å². The number of non-ortho nitro benzene ring substituents is 1. The Kier molecular flexibility index (Phi) is 1.67. The van der Waals surface area contributed by atoms with E-state index in [1.54, 1.807) is 12.3 Å². The number of aromatic nitrogens is 2. The Morgan fingerprint density at radius 1 is 1.31 bits per heavy atom. The van der Waals surface area contributed by atoms with Gasteiger partial charge in [0.2, 0.25) is 0 Å². The number of fused-ring (bicyclic) bond motifs is 3. The van der Waals surface area contributed by atoms with Gasteiger partial charge in [-0.3, -0.25) is 15.1 Å². The summed E-state index contributed by atoms with van der Waals surface area (Å²) >= 11 is 0. The Balaban J connectivity index is 2.41. The third-order valence-corrected chi connectivity index (χ3v) is 2.55. The van der Waals surface area contributed by atoms with Crippen LogP contribution in [0.2, 0.25) is 0 Å². The van der Waals surface area contributed by atoms with E-state index in [1.807, 2.05) is 22.7 Å². The van der Waals surface area contributed by atoms with Crippen LogP contribution in [0.4, 0.5) is 5.69 Å². The van der Waals surface area contributed by atoms with Gasteiger partial charge < -0.3 is 4.40 Å². The van der Waals surface area contributed by atoms with E-state index in [9.17, 15) is 10.1 Å². The van der Waals surface area contributed by atoms with Gasteiger partial charge in [-0.1, -0.05) is 0 Å². The first-order valence-electron chi connectivity index (χ1n) is 4.76. The van der Waals surface area contributed by atoms with Crippen LogP contribution in [-0.4, -0.2) is 14.3 Å².